The Labute approximate surface area is 496 Å². The summed E-state index contributed by atoms with van der Waals surface area (Å²) in [6, 6.07) is 0. The third-order valence-corrected chi connectivity index (χ3v) is 14.8. The van der Waals surface area contributed by atoms with Crippen molar-refractivity contribution in [1.29, 1.82) is 0 Å². The van der Waals surface area contributed by atoms with Gasteiger partial charge in [0.15, 0.2) is 6.10 Å². The zero-order valence-corrected chi connectivity index (χ0v) is 52.8. The minimum Gasteiger partial charge on any atom is -0.462 e. The summed E-state index contributed by atoms with van der Waals surface area (Å²) in [6.07, 6.45) is 91.4. The zero-order valence-electron chi connectivity index (χ0n) is 52.8. The van der Waals surface area contributed by atoms with Crippen LogP contribution in [0.25, 0.3) is 0 Å². The molecular weight excluding hydrogens is 985 g/mol. The minimum atomic E-state index is -0.791. The Morgan fingerprint density at radius 3 is 0.775 bits per heavy atom. The van der Waals surface area contributed by atoms with E-state index in [-0.39, 0.29) is 31.1 Å². The van der Waals surface area contributed by atoms with E-state index in [4.69, 9.17) is 14.2 Å². The number of carbonyl (C=O) groups excluding carboxylic acids is 3. The predicted octanol–water partition coefficient (Wildman–Crippen LogP) is 23.6. The van der Waals surface area contributed by atoms with Gasteiger partial charge in [0.25, 0.3) is 0 Å². The van der Waals surface area contributed by atoms with Crippen molar-refractivity contribution in [2.45, 2.75) is 341 Å². The molecule has 6 heteroatoms. The molecule has 0 heterocycles. The van der Waals surface area contributed by atoms with Gasteiger partial charge in [0.1, 0.15) is 13.2 Å². The highest BCUT2D eigenvalue weighted by Crippen LogP contribution is 2.17. The topological polar surface area (TPSA) is 78.9 Å². The summed E-state index contributed by atoms with van der Waals surface area (Å²) in [5, 5.41) is 0. The van der Waals surface area contributed by atoms with Gasteiger partial charge in [-0.2, -0.15) is 0 Å². The van der Waals surface area contributed by atoms with Crippen LogP contribution in [-0.2, 0) is 28.6 Å². The predicted molar refractivity (Wildman–Crippen MR) is 348 cm³/mol. The molecule has 0 aliphatic heterocycles. The van der Waals surface area contributed by atoms with Crippen molar-refractivity contribution >= 4 is 17.9 Å². The van der Waals surface area contributed by atoms with E-state index in [9.17, 15) is 14.4 Å². The fourth-order valence-electron chi connectivity index (χ4n) is 9.67. The molecule has 0 aromatic carbocycles. The first-order valence-corrected chi connectivity index (χ1v) is 34.2. The number of ether oxygens (including phenoxy) is 3. The lowest BCUT2D eigenvalue weighted by molar-refractivity contribution is -0.167. The molecule has 0 aromatic rings. The Morgan fingerprint density at radius 2 is 0.487 bits per heavy atom. The molecule has 6 nitrogen and oxygen atoms in total. The van der Waals surface area contributed by atoms with Crippen molar-refractivity contribution in [2.24, 2.45) is 0 Å². The number of rotatable bonds is 62. The summed E-state index contributed by atoms with van der Waals surface area (Å²) in [6.45, 7) is 6.51. The third kappa shape index (κ3) is 65.1. The Hall–Kier alpha value is -3.67. The molecule has 0 N–H and O–H groups in total. The minimum absolute atomic E-state index is 0.0855. The Bertz CT molecular complexity index is 1560. The number of hydrogen-bond acceptors (Lipinski definition) is 6. The fourth-order valence-corrected chi connectivity index (χ4v) is 9.67. The summed E-state index contributed by atoms with van der Waals surface area (Å²) < 4.78 is 16.9. The van der Waals surface area contributed by atoms with E-state index in [1.807, 2.05) is 0 Å². The van der Waals surface area contributed by atoms with Crippen LogP contribution in [0.3, 0.4) is 0 Å². The monoisotopic (exact) mass is 1110 g/mol. The molecule has 0 aliphatic rings. The van der Waals surface area contributed by atoms with Crippen molar-refractivity contribution in [3.8, 4) is 0 Å². The van der Waals surface area contributed by atoms with Crippen LogP contribution in [-0.4, -0.2) is 37.2 Å². The van der Waals surface area contributed by atoms with Gasteiger partial charge in [-0.25, -0.2) is 0 Å². The van der Waals surface area contributed by atoms with Gasteiger partial charge in [-0.15, -0.1) is 0 Å². The molecule has 0 aliphatic carbocycles. The summed E-state index contributed by atoms with van der Waals surface area (Å²) in [5.74, 6) is -0.899. The molecule has 0 amide bonds. The van der Waals surface area contributed by atoms with Crippen molar-refractivity contribution in [1.82, 2.24) is 0 Å². The van der Waals surface area contributed by atoms with E-state index in [2.05, 4.69) is 118 Å². The Balaban J connectivity index is 4.29. The normalized spacial score (nSPS) is 12.7. The van der Waals surface area contributed by atoms with E-state index in [0.29, 0.717) is 19.3 Å². The van der Waals surface area contributed by atoms with Gasteiger partial charge in [0.2, 0.25) is 0 Å². The summed E-state index contributed by atoms with van der Waals surface area (Å²) in [5.41, 5.74) is 0. The van der Waals surface area contributed by atoms with Crippen LogP contribution in [0.5, 0.6) is 0 Å². The van der Waals surface area contributed by atoms with Crippen LogP contribution in [0.15, 0.2) is 97.2 Å². The zero-order chi connectivity index (χ0) is 57.8. The van der Waals surface area contributed by atoms with Crippen LogP contribution in [0.2, 0.25) is 0 Å². The number of esters is 3. The van der Waals surface area contributed by atoms with Gasteiger partial charge in [0, 0.05) is 19.3 Å². The van der Waals surface area contributed by atoms with E-state index < -0.39 is 6.10 Å². The number of carbonyl (C=O) groups is 3. The molecule has 0 bridgehead atoms. The molecule has 1 unspecified atom stereocenters. The van der Waals surface area contributed by atoms with Crippen molar-refractivity contribution in [3.63, 3.8) is 0 Å². The molecule has 0 spiro atoms. The van der Waals surface area contributed by atoms with Crippen LogP contribution < -0.4 is 0 Å². The summed E-state index contributed by atoms with van der Waals surface area (Å²) in [4.78, 5) is 38.4. The molecule has 0 saturated carbocycles. The summed E-state index contributed by atoms with van der Waals surface area (Å²) in [7, 11) is 0. The largest absolute Gasteiger partial charge is 0.462 e. The van der Waals surface area contributed by atoms with Crippen molar-refractivity contribution in [2.75, 3.05) is 13.2 Å². The maximum atomic E-state index is 12.9. The number of unbranched alkanes of at least 4 members (excludes halogenated alkanes) is 35. The molecule has 460 valence electrons. The maximum absolute atomic E-state index is 12.9. The lowest BCUT2D eigenvalue weighted by atomic mass is 10.0. The van der Waals surface area contributed by atoms with Gasteiger partial charge < -0.3 is 14.2 Å². The second-order valence-corrected chi connectivity index (χ2v) is 22.7. The van der Waals surface area contributed by atoms with E-state index in [1.54, 1.807) is 0 Å². The molecule has 0 radical (unpaired) electrons. The maximum Gasteiger partial charge on any atom is 0.306 e. The molecular formula is C74H128O6. The second kappa shape index (κ2) is 67.8. The smallest absolute Gasteiger partial charge is 0.306 e. The lowest BCUT2D eigenvalue weighted by Gasteiger charge is -2.18. The lowest BCUT2D eigenvalue weighted by Crippen LogP contribution is -2.30. The van der Waals surface area contributed by atoms with Gasteiger partial charge in [-0.3, -0.25) is 14.4 Å². The molecule has 0 saturated heterocycles. The average Bonchev–Trinajstić information content (AvgIpc) is 3.46. The highest BCUT2D eigenvalue weighted by atomic mass is 16.6. The van der Waals surface area contributed by atoms with Gasteiger partial charge in [-0.05, 0) is 122 Å². The first kappa shape index (κ1) is 76.3. The van der Waals surface area contributed by atoms with E-state index in [0.717, 1.165) is 122 Å². The molecule has 0 aromatic heterocycles. The van der Waals surface area contributed by atoms with Gasteiger partial charge in [0.05, 0.1) is 0 Å². The standard InChI is InChI=1S/C74H128O6/c1-4-7-10-13-16-19-22-25-28-30-32-33-34-35-36-37-38-39-40-41-42-44-46-49-52-55-58-61-64-67-73(76)79-70-71(69-78-72(75)66-63-60-57-54-51-48-45-27-24-21-18-15-12-9-6-3)80-74(77)68-65-62-59-56-53-50-47-43-31-29-26-23-20-17-14-11-8-5-2/h9,12,18,20-23,25,27,29-32,34-35,45,71H,4-8,10-11,13-17,19,24,26,28,33,36-44,46-70H2,1-3H3/b12-9-,21-18-,23-20-,25-22-,31-29-,32-30-,35-34-,45-27-. The Kier molecular flexibility index (Phi) is 64.7. The highest BCUT2D eigenvalue weighted by Gasteiger charge is 2.19. The van der Waals surface area contributed by atoms with Gasteiger partial charge in [-0.1, -0.05) is 291 Å². The van der Waals surface area contributed by atoms with Crippen LogP contribution in [0.4, 0.5) is 0 Å². The van der Waals surface area contributed by atoms with Crippen LogP contribution in [0.1, 0.15) is 335 Å². The van der Waals surface area contributed by atoms with Crippen LogP contribution >= 0.6 is 0 Å². The first-order chi connectivity index (χ1) is 39.5. The summed E-state index contributed by atoms with van der Waals surface area (Å²) >= 11 is 0. The molecule has 0 fully saturated rings. The molecule has 80 heavy (non-hydrogen) atoms. The molecule has 1 atom stereocenters. The average molecular weight is 1110 g/mol. The van der Waals surface area contributed by atoms with Gasteiger partial charge >= 0.3 is 17.9 Å². The van der Waals surface area contributed by atoms with Crippen molar-refractivity contribution < 1.29 is 28.6 Å². The third-order valence-electron chi connectivity index (χ3n) is 14.8. The fraction of sp³-hybridized carbons (Fsp3) is 0.743. The van der Waals surface area contributed by atoms with E-state index >= 15 is 0 Å². The van der Waals surface area contributed by atoms with E-state index in [1.165, 1.54) is 173 Å². The van der Waals surface area contributed by atoms with Crippen molar-refractivity contribution in [3.05, 3.63) is 97.2 Å². The number of hydrogen-bond donors (Lipinski definition) is 0. The number of allylic oxidation sites excluding steroid dienone is 16. The quantitative estimate of drug-likeness (QED) is 0.0261. The Morgan fingerprint density at radius 1 is 0.263 bits per heavy atom. The first-order valence-electron chi connectivity index (χ1n) is 34.2. The SMILES string of the molecule is CC/C=C\C/C=C\C/C=C\CCCCCCCC(=O)OCC(COC(=O)CCCCCCCCCCCCCCCC/C=C\C/C=C\C/C=C\CCCCCCC)OC(=O)CCCCCCCCC/C=C\C/C=C\CCCCCC. The highest BCUT2D eigenvalue weighted by molar-refractivity contribution is 5.71. The molecule has 0 rings (SSSR count). The second-order valence-electron chi connectivity index (χ2n) is 22.7. The van der Waals surface area contributed by atoms with Crippen LogP contribution in [0, 0.1) is 0 Å².